The Bertz CT molecular complexity index is 2850. The van der Waals surface area contributed by atoms with E-state index in [2.05, 4.69) is 30.9 Å². The largest absolute Gasteiger partial charge is 0.497 e. The number of methoxy groups -OCH3 is 1. The van der Waals surface area contributed by atoms with Crippen molar-refractivity contribution in [3.05, 3.63) is 142 Å². The molecule has 0 radical (unpaired) electrons. The normalized spacial score (nSPS) is 23.6. The van der Waals surface area contributed by atoms with E-state index in [1.54, 1.807) is 12.1 Å². The average Bonchev–Trinajstić information content (AvgIpc) is 2.18. The molecule has 0 spiro atoms. The van der Waals surface area contributed by atoms with Crippen LogP contribution < -0.4 is 32.2 Å². The molecule has 3 aliphatic heterocycles. The molecule has 3 heterocycles. The van der Waals surface area contributed by atoms with E-state index < -0.39 is 28.3 Å². The Morgan fingerprint density at radius 1 is 0.716 bits per heavy atom. The fourth-order valence-electron chi connectivity index (χ4n) is 12.6. The number of ether oxygens (including phenoxy) is 2. The van der Waals surface area contributed by atoms with Crippen LogP contribution in [0.4, 0.5) is 0 Å². The zero-order chi connectivity index (χ0) is 64.0. The van der Waals surface area contributed by atoms with E-state index in [-0.39, 0.29) is 70.5 Å². The highest BCUT2D eigenvalue weighted by atomic mass is 32.2. The number of carbonyl (C=O) groups is 2. The highest BCUT2D eigenvalue weighted by Crippen LogP contribution is 2.39. The number of hydrogen-bond donors (Lipinski definition) is 7. The number of nitrogens with two attached hydrogens (primary N) is 2. The number of azide groups is 1. The van der Waals surface area contributed by atoms with Crippen molar-refractivity contribution < 1.29 is 37.7 Å². The van der Waals surface area contributed by atoms with Gasteiger partial charge in [0.25, 0.3) is 0 Å². The van der Waals surface area contributed by atoms with E-state index in [0.717, 1.165) is 61.9 Å². The van der Waals surface area contributed by atoms with Gasteiger partial charge in [0, 0.05) is 54.3 Å². The molecule has 3 saturated heterocycles. The van der Waals surface area contributed by atoms with Gasteiger partial charge in [-0.05, 0) is 169 Å². The van der Waals surface area contributed by atoms with Gasteiger partial charge in [-0.2, -0.15) is 4.31 Å². The van der Waals surface area contributed by atoms with Crippen molar-refractivity contribution in [2.45, 2.75) is 203 Å². The number of fused-ring (bicyclic) bond motifs is 2. The van der Waals surface area contributed by atoms with E-state index >= 15 is 0 Å². The number of nitrogens with zero attached hydrogens (tertiary/aromatic N) is 5. The average molecular weight is 1240 g/mol. The molecule has 2 aliphatic carbocycles. The van der Waals surface area contributed by atoms with Crippen LogP contribution in [0.5, 0.6) is 5.75 Å². The van der Waals surface area contributed by atoms with Crippen molar-refractivity contribution >= 4 is 21.8 Å². The number of amides is 2. The standard InChI is InChI=1S/C24H39N3O2.C21H30N2O4S.C14H26N2O.C10H11N3O/c1-24(2,3)26-23(29)21-14-18-11-7-8-12-19(18)15-27(21)16-22(28)20(25)13-17-9-5-4-6-10-17;1-16(2)14-23(28(25,26)19-11-9-18(27-3)10-12-19)15-21(24)20(22)13-17-7-5-4-6-8-17;1-14(2,3)16-13(17)12-8-10-6-4-5-7-11(10)9-15-12;11-13-12-9(10-7-14-10)6-8-4-2-1-3-5-8/h4-6,9-10,18-22,28H,7-8,11-16,25H2,1-3H3,(H,26,29);4-12,16,20-21,24H,13-15,22H2,1-3H3;10-12,15H,4-9H2,1-3H3,(H,16,17);1-5,9-10H,6-7H2/t18-,19+,20-,21-,22+;20-,21+;10-,11+,12-;9-,10+/m0000/s1. The van der Waals surface area contributed by atoms with Crippen LogP contribution in [0, 0.1) is 29.6 Å². The first-order chi connectivity index (χ1) is 41.8. The zero-order valence-corrected chi connectivity index (χ0v) is 54.9. The van der Waals surface area contributed by atoms with Crippen LogP contribution in [0.25, 0.3) is 10.4 Å². The third-order valence-electron chi connectivity index (χ3n) is 17.3. The second-order valence-corrected chi connectivity index (χ2v) is 29.5. The molecule has 0 bridgehead atoms. The van der Waals surface area contributed by atoms with E-state index in [1.165, 1.54) is 80.5 Å². The lowest BCUT2D eigenvalue weighted by molar-refractivity contribution is -0.132. The Morgan fingerprint density at radius 3 is 1.68 bits per heavy atom. The number of sulfonamides is 1. The minimum absolute atomic E-state index is 0.0357. The molecule has 19 heteroatoms. The monoisotopic (exact) mass is 1230 g/mol. The minimum Gasteiger partial charge on any atom is -0.497 e. The van der Waals surface area contributed by atoms with E-state index in [9.17, 15) is 28.2 Å². The first kappa shape index (κ1) is 71.6. The number of likely N-dealkylation sites (tertiary alicyclic amines) is 1. The summed E-state index contributed by atoms with van der Waals surface area (Å²) in [6.07, 6.45) is 12.7. The van der Waals surface area contributed by atoms with Crippen LogP contribution in [0.2, 0.25) is 0 Å². The number of nitrogens with one attached hydrogen (secondary N) is 3. The molecule has 5 fully saturated rings. The van der Waals surface area contributed by atoms with E-state index in [0.29, 0.717) is 43.5 Å². The Balaban J connectivity index is 0.000000195. The lowest BCUT2D eigenvalue weighted by Crippen LogP contribution is -2.59. The van der Waals surface area contributed by atoms with Gasteiger partial charge in [0.05, 0.1) is 55.0 Å². The maximum atomic E-state index is 13.1. The third-order valence-corrected chi connectivity index (χ3v) is 19.2. The molecule has 5 aliphatic rings. The number of epoxide rings is 1. The first-order valence-corrected chi connectivity index (χ1v) is 33.7. The number of rotatable bonds is 21. The molecule has 2 saturated carbocycles. The van der Waals surface area contributed by atoms with Crippen molar-refractivity contribution in [3.8, 4) is 5.75 Å². The minimum atomic E-state index is -3.76. The SMILES string of the molecule is CC(C)(C)NC(=O)[C@@H]1C[C@@H]2CCCC[C@@H]2CN1.CC(C)(C)NC(=O)[C@@H]1C[C@@H]2CCCC[C@@H]2CN1C[C@@H](O)[C@@H](N)Cc1ccccc1.COc1ccc(S(=O)(=O)N(CC(C)C)C[C@@H](O)[C@@H](N)Cc2ccccc2)cc1.[N-]=[N+]=N[C@@H](Cc1ccccc1)[C@H]1CO1. The first-order valence-electron chi connectivity index (χ1n) is 32.2. The molecule has 0 aromatic heterocycles. The predicted octanol–water partition coefficient (Wildman–Crippen LogP) is 9.36. The highest BCUT2D eigenvalue weighted by Gasteiger charge is 2.42. The van der Waals surface area contributed by atoms with Gasteiger partial charge in [-0.1, -0.05) is 148 Å². The van der Waals surface area contributed by atoms with E-state index in [4.69, 9.17) is 26.5 Å². The van der Waals surface area contributed by atoms with Gasteiger partial charge >= 0.3 is 0 Å². The van der Waals surface area contributed by atoms with E-state index in [1.807, 2.05) is 146 Å². The van der Waals surface area contributed by atoms with Gasteiger partial charge in [0.1, 0.15) is 5.75 Å². The predicted molar refractivity (Wildman–Crippen MR) is 351 cm³/mol. The summed E-state index contributed by atoms with van der Waals surface area (Å²) in [4.78, 5) is 30.4. The van der Waals surface area contributed by atoms with Crippen LogP contribution in [-0.4, -0.2) is 146 Å². The van der Waals surface area contributed by atoms with Gasteiger partial charge in [0.2, 0.25) is 21.8 Å². The smallest absolute Gasteiger partial charge is 0.243 e. The zero-order valence-electron chi connectivity index (χ0n) is 54.1. The Morgan fingerprint density at radius 2 is 1.19 bits per heavy atom. The summed E-state index contributed by atoms with van der Waals surface area (Å²) >= 11 is 0. The summed E-state index contributed by atoms with van der Waals surface area (Å²) in [6.45, 7) is 19.4. The number of benzene rings is 4. The second kappa shape index (κ2) is 34.7. The number of β-amino-alcohol motifs (C(OH)–C–C–N with tert-alkyl or cyclic N) is 1. The molecule has 4 aromatic rings. The number of aliphatic hydroxyl groups excluding tert-OH is 2. The molecule has 4 aromatic carbocycles. The van der Waals surface area contributed by atoms with Crippen molar-refractivity contribution in [3.63, 3.8) is 0 Å². The molecule has 88 heavy (non-hydrogen) atoms. The van der Waals surface area contributed by atoms with Crippen LogP contribution in [0.3, 0.4) is 0 Å². The van der Waals surface area contributed by atoms with Crippen LogP contribution in [0.15, 0.2) is 125 Å². The van der Waals surface area contributed by atoms with Gasteiger partial charge in [-0.3, -0.25) is 14.5 Å². The molecule has 486 valence electrons. The molecule has 9 N–H and O–H groups in total. The molecule has 12 atom stereocenters. The highest BCUT2D eigenvalue weighted by molar-refractivity contribution is 7.89. The summed E-state index contributed by atoms with van der Waals surface area (Å²) in [7, 11) is -2.23. The Kier molecular flexibility index (Phi) is 28.2. The lowest BCUT2D eigenvalue weighted by Gasteiger charge is -2.46. The molecule has 2 amide bonds. The summed E-state index contributed by atoms with van der Waals surface area (Å²) in [6, 6.07) is 34.8. The fraction of sp³-hybridized carbons (Fsp3) is 0.623. The quantitative estimate of drug-likeness (QED) is 0.0178. The lowest BCUT2D eigenvalue weighted by atomic mass is 9.72. The van der Waals surface area contributed by atoms with Gasteiger partial charge < -0.3 is 47.1 Å². The van der Waals surface area contributed by atoms with Crippen LogP contribution in [-0.2, 0) is 43.6 Å². The summed E-state index contributed by atoms with van der Waals surface area (Å²) in [5.41, 5.74) is 23.8. The third kappa shape index (κ3) is 24.1. The van der Waals surface area contributed by atoms with Crippen molar-refractivity contribution in [2.24, 2.45) is 46.2 Å². The molecular formula is C69H106N10O8S. The number of carbonyl (C=O) groups excluding carboxylic acids is 2. The van der Waals surface area contributed by atoms with Crippen molar-refractivity contribution in [1.29, 1.82) is 0 Å². The molecular weight excluding hydrogens is 1130 g/mol. The Labute approximate surface area is 526 Å². The maximum Gasteiger partial charge on any atom is 0.243 e. The molecule has 0 unspecified atom stereocenters. The maximum absolute atomic E-state index is 13.1. The summed E-state index contributed by atoms with van der Waals surface area (Å²) in [5, 5.41) is 34.9. The van der Waals surface area contributed by atoms with Crippen molar-refractivity contribution in [2.75, 3.05) is 46.4 Å². The number of aliphatic hydroxyl groups is 2. The number of piperidine rings is 2. The number of hydrogen-bond acceptors (Lipinski definition) is 13. The Hall–Kier alpha value is -5.44. The summed E-state index contributed by atoms with van der Waals surface area (Å²) in [5.74, 6) is 3.82. The molecule has 9 rings (SSSR count). The fourth-order valence-corrected chi connectivity index (χ4v) is 14.2. The molecule has 18 nitrogen and oxygen atoms in total. The summed E-state index contributed by atoms with van der Waals surface area (Å²) < 4.78 is 37.8. The second-order valence-electron chi connectivity index (χ2n) is 27.6. The van der Waals surface area contributed by atoms with Gasteiger partial charge in [0.15, 0.2) is 0 Å². The van der Waals surface area contributed by atoms with Crippen LogP contribution >= 0.6 is 0 Å². The van der Waals surface area contributed by atoms with Crippen LogP contribution in [0.1, 0.15) is 136 Å². The van der Waals surface area contributed by atoms with Gasteiger partial charge in [-0.25, -0.2) is 8.42 Å². The van der Waals surface area contributed by atoms with Crippen molar-refractivity contribution in [1.82, 2.24) is 25.2 Å². The van der Waals surface area contributed by atoms with Gasteiger partial charge in [-0.15, -0.1) is 0 Å². The topological polar surface area (TPSA) is 274 Å².